The van der Waals surface area contributed by atoms with Crippen molar-refractivity contribution in [2.75, 3.05) is 0 Å². The molecular weight excluding hydrogens is 260 g/mol. The average Bonchev–Trinajstić information content (AvgIpc) is 2.44. The van der Waals surface area contributed by atoms with Crippen LogP contribution in [0.2, 0.25) is 0 Å². The van der Waals surface area contributed by atoms with Gasteiger partial charge >= 0.3 is 0 Å². The second kappa shape index (κ2) is 4.47. The minimum Gasteiger partial charge on any atom is -0.364 e. The van der Waals surface area contributed by atoms with Crippen LogP contribution in [0.15, 0.2) is 35.4 Å². The van der Waals surface area contributed by atoms with Crippen LogP contribution < -0.4 is 0 Å². The number of aliphatic hydroxyl groups is 1. The molecule has 2 aliphatic rings. The van der Waals surface area contributed by atoms with E-state index in [0.717, 1.165) is 0 Å². The van der Waals surface area contributed by atoms with Crippen LogP contribution in [0, 0.1) is 0 Å². The maximum Gasteiger partial charge on any atom is 0.195 e. The van der Waals surface area contributed by atoms with E-state index in [2.05, 4.69) is 0 Å². The fourth-order valence-electron chi connectivity index (χ4n) is 2.61. The van der Waals surface area contributed by atoms with E-state index in [0.29, 0.717) is 5.56 Å². The molecule has 0 saturated carbocycles. The Morgan fingerprint density at radius 2 is 1.80 bits per heavy atom. The van der Waals surface area contributed by atoms with Crippen LogP contribution in [0.3, 0.4) is 0 Å². The number of carbonyl (C=O) groups excluding carboxylic acids is 3. The molecule has 0 amide bonds. The summed E-state index contributed by atoms with van der Waals surface area (Å²) in [6, 6.07) is 6.45. The Morgan fingerprint density at radius 1 is 1.20 bits per heavy atom. The van der Waals surface area contributed by atoms with Crippen molar-refractivity contribution in [2.45, 2.75) is 25.7 Å². The van der Waals surface area contributed by atoms with Crippen molar-refractivity contribution in [1.29, 1.82) is 0 Å². The predicted octanol–water partition coefficient (Wildman–Crippen LogP) is 1.06. The molecule has 0 spiro atoms. The quantitative estimate of drug-likeness (QED) is 0.826. The van der Waals surface area contributed by atoms with Gasteiger partial charge in [0.2, 0.25) is 0 Å². The average molecular weight is 272 g/mol. The van der Waals surface area contributed by atoms with Crippen LogP contribution in [0.25, 0.3) is 0 Å². The fourth-order valence-corrected chi connectivity index (χ4v) is 2.61. The largest absolute Gasteiger partial charge is 0.364 e. The molecule has 1 aromatic rings. The summed E-state index contributed by atoms with van der Waals surface area (Å²) in [5.74, 6) is -1.01. The zero-order valence-electron chi connectivity index (χ0n) is 10.8. The summed E-state index contributed by atoms with van der Waals surface area (Å²) in [5, 5.41) is 9.93. The molecule has 0 bridgehead atoms. The smallest absolute Gasteiger partial charge is 0.195 e. The van der Waals surface area contributed by atoms with Gasteiger partial charge in [0, 0.05) is 23.1 Å². The number of Topliss-reactive ketones (excluding diaryl/α,β-unsaturated/α-hetero) is 3. The van der Waals surface area contributed by atoms with Gasteiger partial charge in [-0.3, -0.25) is 14.4 Å². The van der Waals surface area contributed by atoms with Gasteiger partial charge in [0.05, 0.1) is 5.57 Å². The van der Waals surface area contributed by atoms with Crippen LogP contribution in [-0.2, 0) is 9.53 Å². The first-order valence-electron chi connectivity index (χ1n) is 6.26. The molecule has 0 radical (unpaired) electrons. The molecule has 20 heavy (non-hydrogen) atoms. The van der Waals surface area contributed by atoms with Crippen LogP contribution >= 0.6 is 0 Å². The van der Waals surface area contributed by atoms with Crippen LogP contribution in [0.1, 0.15) is 34.1 Å². The zero-order valence-corrected chi connectivity index (χ0v) is 10.8. The molecule has 1 N–H and O–H groups in total. The number of benzene rings is 1. The Kier molecular flexibility index (Phi) is 2.88. The Hall–Kier alpha value is -2.11. The van der Waals surface area contributed by atoms with Crippen molar-refractivity contribution in [3.63, 3.8) is 0 Å². The summed E-state index contributed by atoms with van der Waals surface area (Å²) in [7, 11) is 0. The maximum atomic E-state index is 12.4. The second-order valence-electron chi connectivity index (χ2n) is 4.89. The normalized spacial score (nSPS) is 25.3. The van der Waals surface area contributed by atoms with Gasteiger partial charge in [-0.2, -0.15) is 0 Å². The molecule has 1 heterocycles. The van der Waals surface area contributed by atoms with Crippen LogP contribution in [0.4, 0.5) is 0 Å². The number of hydrogen-bond acceptors (Lipinski definition) is 5. The number of fused-ring (bicyclic) bond motifs is 1. The van der Waals surface area contributed by atoms with Crippen molar-refractivity contribution in [1.82, 2.24) is 0 Å². The maximum absolute atomic E-state index is 12.4. The lowest BCUT2D eigenvalue weighted by Gasteiger charge is -2.31. The van der Waals surface area contributed by atoms with Gasteiger partial charge in [0.25, 0.3) is 0 Å². The van der Waals surface area contributed by atoms with E-state index >= 15 is 0 Å². The van der Waals surface area contributed by atoms with Gasteiger partial charge in [-0.1, -0.05) is 24.3 Å². The molecule has 0 aromatic heterocycles. The Bertz CT molecular complexity index is 671. The lowest BCUT2D eigenvalue weighted by Crippen LogP contribution is -2.40. The first-order valence-corrected chi connectivity index (χ1v) is 6.26. The molecule has 1 aliphatic heterocycles. The van der Waals surface area contributed by atoms with E-state index in [1.165, 1.54) is 6.92 Å². The summed E-state index contributed by atoms with van der Waals surface area (Å²) in [6.07, 6.45) is -2.39. The van der Waals surface area contributed by atoms with Crippen molar-refractivity contribution in [2.24, 2.45) is 0 Å². The molecule has 102 valence electrons. The minimum absolute atomic E-state index is 0.0284. The summed E-state index contributed by atoms with van der Waals surface area (Å²) >= 11 is 0. The summed E-state index contributed by atoms with van der Waals surface area (Å²) in [5.41, 5.74) is 0.728. The van der Waals surface area contributed by atoms with Crippen molar-refractivity contribution < 1.29 is 24.2 Å². The number of ketones is 3. The lowest BCUT2D eigenvalue weighted by molar-refractivity contribution is -0.150. The van der Waals surface area contributed by atoms with Gasteiger partial charge in [0.15, 0.2) is 23.6 Å². The monoisotopic (exact) mass is 272 g/mol. The SMILES string of the molecule is CC(=O)C1CC2=C(C(=O)c3ccccc3C2=O)C(O)O1. The number of rotatable bonds is 1. The van der Waals surface area contributed by atoms with Gasteiger partial charge in [-0.05, 0) is 6.92 Å². The summed E-state index contributed by atoms with van der Waals surface area (Å²) in [6.45, 7) is 1.33. The molecule has 3 rings (SSSR count). The molecule has 5 heteroatoms. The Balaban J connectivity index is 2.14. The van der Waals surface area contributed by atoms with Crippen LogP contribution in [-0.4, -0.2) is 34.9 Å². The highest BCUT2D eigenvalue weighted by Gasteiger charge is 2.41. The summed E-state index contributed by atoms with van der Waals surface area (Å²) < 4.78 is 5.13. The third-order valence-electron chi connectivity index (χ3n) is 3.64. The number of carbonyl (C=O) groups is 3. The van der Waals surface area contributed by atoms with Crippen molar-refractivity contribution >= 4 is 17.3 Å². The molecule has 2 atom stereocenters. The molecule has 1 aliphatic carbocycles. The molecular formula is C15H12O5. The molecule has 5 nitrogen and oxygen atoms in total. The second-order valence-corrected chi connectivity index (χ2v) is 4.89. The van der Waals surface area contributed by atoms with Gasteiger partial charge in [0.1, 0.15) is 6.10 Å². The molecule has 1 aromatic carbocycles. The van der Waals surface area contributed by atoms with Gasteiger partial charge < -0.3 is 9.84 Å². The van der Waals surface area contributed by atoms with Gasteiger partial charge in [-0.25, -0.2) is 0 Å². The third-order valence-corrected chi connectivity index (χ3v) is 3.64. The highest BCUT2D eigenvalue weighted by Crippen LogP contribution is 2.35. The van der Waals surface area contributed by atoms with E-state index in [-0.39, 0.29) is 34.7 Å². The molecule has 0 fully saturated rings. The summed E-state index contributed by atoms with van der Waals surface area (Å²) in [4.78, 5) is 36.2. The predicted molar refractivity (Wildman–Crippen MR) is 68.3 cm³/mol. The standard InChI is InChI=1S/C15H12O5/c1-7(16)11-6-10-12(15(19)20-11)14(18)9-5-3-2-4-8(9)13(10)17/h2-5,11,15,19H,6H2,1H3. The highest BCUT2D eigenvalue weighted by molar-refractivity contribution is 6.27. The number of hydrogen-bond donors (Lipinski definition) is 1. The van der Waals surface area contributed by atoms with E-state index in [9.17, 15) is 19.5 Å². The lowest BCUT2D eigenvalue weighted by atomic mass is 9.80. The first kappa shape index (κ1) is 12.9. The number of ether oxygens (including phenoxy) is 1. The third kappa shape index (κ3) is 1.75. The van der Waals surface area contributed by atoms with E-state index in [4.69, 9.17) is 4.74 Å². The minimum atomic E-state index is -1.53. The van der Waals surface area contributed by atoms with E-state index in [1.807, 2.05) is 0 Å². The van der Waals surface area contributed by atoms with Crippen molar-refractivity contribution in [3.05, 3.63) is 46.5 Å². The number of aliphatic hydroxyl groups excluding tert-OH is 1. The topological polar surface area (TPSA) is 80.7 Å². The van der Waals surface area contributed by atoms with E-state index in [1.54, 1.807) is 24.3 Å². The Morgan fingerprint density at radius 3 is 2.40 bits per heavy atom. The van der Waals surface area contributed by atoms with Gasteiger partial charge in [-0.15, -0.1) is 0 Å². The van der Waals surface area contributed by atoms with Crippen molar-refractivity contribution in [3.8, 4) is 0 Å². The first-order chi connectivity index (χ1) is 9.50. The molecule has 2 unspecified atom stereocenters. The van der Waals surface area contributed by atoms with E-state index < -0.39 is 18.2 Å². The zero-order chi connectivity index (χ0) is 14.4. The highest BCUT2D eigenvalue weighted by atomic mass is 16.6. The molecule has 0 saturated heterocycles. The fraction of sp³-hybridized carbons (Fsp3) is 0.267. The van der Waals surface area contributed by atoms with Crippen LogP contribution in [0.5, 0.6) is 0 Å². The Labute approximate surface area is 114 Å².